The summed E-state index contributed by atoms with van der Waals surface area (Å²) >= 11 is 0. The van der Waals surface area contributed by atoms with Gasteiger partial charge in [0.2, 0.25) is 0 Å². The molecule has 0 radical (unpaired) electrons. The number of nitrogens with zero attached hydrogens (tertiary/aromatic N) is 1. The lowest BCUT2D eigenvalue weighted by Gasteiger charge is -2.27. The fraction of sp³-hybridized carbons (Fsp3) is 0.625. The summed E-state index contributed by atoms with van der Waals surface area (Å²) < 4.78 is 63.7. The van der Waals surface area contributed by atoms with Gasteiger partial charge in [0.15, 0.2) is 0 Å². The van der Waals surface area contributed by atoms with E-state index in [0.717, 1.165) is 43.5 Å². The van der Waals surface area contributed by atoms with Gasteiger partial charge < -0.3 is 4.18 Å². The highest BCUT2D eigenvalue weighted by atomic mass is 32.2. The first-order valence-electron chi connectivity index (χ1n) is 8.04. The molecule has 1 aromatic rings. The summed E-state index contributed by atoms with van der Waals surface area (Å²) in [7, 11) is -5.63. The van der Waals surface area contributed by atoms with Crippen LogP contribution in [-0.2, 0) is 23.0 Å². The van der Waals surface area contributed by atoms with Crippen LogP contribution in [0, 0.1) is 0 Å². The Morgan fingerprint density at radius 2 is 1.71 bits per heavy atom. The standard InChI is InChI=1S/C16H22F3NO3S/c1-3-7-20(8-4-2)14-9-12-5-6-15(11-13(12)10-14)23-24(21,22)16(17,18)19/h5-6,11,14H,3-4,7-10H2,1-2H3. The molecule has 1 aromatic carbocycles. The number of alkyl halides is 3. The highest BCUT2D eigenvalue weighted by molar-refractivity contribution is 7.88. The molecule has 0 saturated carbocycles. The van der Waals surface area contributed by atoms with E-state index < -0.39 is 15.6 Å². The second kappa shape index (κ2) is 7.31. The average molecular weight is 365 g/mol. The predicted octanol–water partition coefficient (Wildman–Crippen LogP) is 3.50. The molecule has 24 heavy (non-hydrogen) atoms. The third-order valence-electron chi connectivity index (χ3n) is 4.12. The topological polar surface area (TPSA) is 46.6 Å². The van der Waals surface area contributed by atoms with Crippen LogP contribution in [0.5, 0.6) is 5.75 Å². The molecule has 1 atom stereocenters. The molecule has 1 aliphatic carbocycles. The van der Waals surface area contributed by atoms with Crippen LogP contribution in [0.15, 0.2) is 18.2 Å². The van der Waals surface area contributed by atoms with Crippen LogP contribution in [0.2, 0.25) is 0 Å². The molecule has 0 N–H and O–H groups in total. The van der Waals surface area contributed by atoms with Crippen molar-refractivity contribution in [2.75, 3.05) is 13.1 Å². The fourth-order valence-corrected chi connectivity index (χ4v) is 3.56. The molecule has 1 aliphatic rings. The van der Waals surface area contributed by atoms with Gasteiger partial charge in [0.05, 0.1) is 0 Å². The lowest BCUT2D eigenvalue weighted by atomic mass is 10.1. The summed E-state index contributed by atoms with van der Waals surface area (Å²) in [5.41, 5.74) is -3.53. The van der Waals surface area contributed by atoms with Crippen LogP contribution in [0.1, 0.15) is 37.8 Å². The molecule has 0 amide bonds. The zero-order chi connectivity index (χ0) is 18.0. The lowest BCUT2D eigenvalue weighted by molar-refractivity contribution is -0.0500. The molecule has 0 heterocycles. The van der Waals surface area contributed by atoms with Crippen molar-refractivity contribution in [3.8, 4) is 5.75 Å². The van der Waals surface area contributed by atoms with Gasteiger partial charge in [-0.1, -0.05) is 19.9 Å². The predicted molar refractivity (Wildman–Crippen MR) is 85.4 cm³/mol. The van der Waals surface area contributed by atoms with Crippen molar-refractivity contribution >= 4 is 10.1 Å². The van der Waals surface area contributed by atoms with Gasteiger partial charge in [0.25, 0.3) is 0 Å². The Bertz CT molecular complexity index is 668. The Kier molecular flexibility index (Phi) is 5.80. The first kappa shape index (κ1) is 19.1. The van der Waals surface area contributed by atoms with Crippen LogP contribution in [0.4, 0.5) is 13.2 Å². The summed E-state index contributed by atoms with van der Waals surface area (Å²) in [4.78, 5) is 2.38. The molecule has 136 valence electrons. The molecule has 0 bridgehead atoms. The quantitative estimate of drug-likeness (QED) is 0.548. The number of rotatable bonds is 7. The van der Waals surface area contributed by atoms with Crippen molar-refractivity contribution in [1.82, 2.24) is 4.90 Å². The third kappa shape index (κ3) is 4.22. The van der Waals surface area contributed by atoms with Crippen LogP contribution >= 0.6 is 0 Å². The van der Waals surface area contributed by atoms with Crippen molar-refractivity contribution < 1.29 is 25.8 Å². The highest BCUT2D eigenvalue weighted by Crippen LogP contribution is 2.32. The van der Waals surface area contributed by atoms with E-state index in [2.05, 4.69) is 22.9 Å². The lowest BCUT2D eigenvalue weighted by Crippen LogP contribution is -2.37. The molecular formula is C16H22F3NO3S. The molecular weight excluding hydrogens is 343 g/mol. The van der Waals surface area contributed by atoms with E-state index in [1.54, 1.807) is 6.07 Å². The van der Waals surface area contributed by atoms with Gasteiger partial charge in [-0.25, -0.2) is 0 Å². The molecule has 2 rings (SSSR count). The maximum absolute atomic E-state index is 12.4. The minimum Gasteiger partial charge on any atom is -0.376 e. The fourth-order valence-electron chi connectivity index (χ4n) is 3.11. The van der Waals surface area contributed by atoms with E-state index in [0.29, 0.717) is 12.5 Å². The van der Waals surface area contributed by atoms with E-state index in [9.17, 15) is 21.6 Å². The van der Waals surface area contributed by atoms with Gasteiger partial charge in [-0.2, -0.15) is 21.6 Å². The molecule has 0 aromatic heterocycles. The SMILES string of the molecule is CCCN(CCC)C1Cc2ccc(OS(=O)(=O)C(F)(F)F)cc2C1. The van der Waals surface area contributed by atoms with Crippen molar-refractivity contribution in [1.29, 1.82) is 0 Å². The van der Waals surface area contributed by atoms with Crippen LogP contribution in [0.25, 0.3) is 0 Å². The summed E-state index contributed by atoms with van der Waals surface area (Å²) in [6, 6.07) is 4.66. The number of hydrogen-bond acceptors (Lipinski definition) is 4. The highest BCUT2D eigenvalue weighted by Gasteiger charge is 2.48. The third-order valence-corrected chi connectivity index (χ3v) is 5.10. The smallest absolute Gasteiger partial charge is 0.376 e. The van der Waals surface area contributed by atoms with Gasteiger partial charge in [-0.15, -0.1) is 0 Å². The van der Waals surface area contributed by atoms with Crippen molar-refractivity contribution in [2.45, 2.75) is 51.1 Å². The van der Waals surface area contributed by atoms with E-state index in [-0.39, 0.29) is 5.75 Å². The maximum Gasteiger partial charge on any atom is 0.534 e. The number of fused-ring (bicyclic) bond motifs is 1. The first-order valence-corrected chi connectivity index (χ1v) is 9.45. The van der Waals surface area contributed by atoms with Crippen LogP contribution < -0.4 is 4.18 Å². The molecule has 0 saturated heterocycles. The van der Waals surface area contributed by atoms with E-state index in [4.69, 9.17) is 0 Å². The van der Waals surface area contributed by atoms with Gasteiger partial charge >= 0.3 is 15.6 Å². The molecule has 1 unspecified atom stereocenters. The molecule has 8 heteroatoms. The zero-order valence-corrected chi connectivity index (χ0v) is 14.6. The number of benzene rings is 1. The Morgan fingerprint density at radius 3 is 2.25 bits per heavy atom. The Labute approximate surface area is 140 Å². The van der Waals surface area contributed by atoms with Crippen molar-refractivity contribution in [2.24, 2.45) is 0 Å². The van der Waals surface area contributed by atoms with E-state index >= 15 is 0 Å². The maximum atomic E-state index is 12.4. The minimum atomic E-state index is -5.63. The Hall–Kier alpha value is -1.28. The normalized spacial score (nSPS) is 18.0. The summed E-state index contributed by atoms with van der Waals surface area (Å²) in [5.74, 6) is -0.288. The van der Waals surface area contributed by atoms with Crippen molar-refractivity contribution in [3.63, 3.8) is 0 Å². The van der Waals surface area contributed by atoms with Crippen LogP contribution in [-0.4, -0.2) is 38.0 Å². The van der Waals surface area contributed by atoms with E-state index in [1.807, 2.05) is 0 Å². The second-order valence-electron chi connectivity index (χ2n) is 6.01. The molecule has 0 aliphatic heterocycles. The van der Waals surface area contributed by atoms with Gasteiger partial charge in [-0.3, -0.25) is 4.90 Å². The summed E-state index contributed by atoms with van der Waals surface area (Å²) in [6.07, 6.45) is 3.58. The minimum absolute atomic E-state index is 0.288. The van der Waals surface area contributed by atoms with Gasteiger partial charge in [-0.05, 0) is 62.0 Å². The van der Waals surface area contributed by atoms with E-state index in [1.165, 1.54) is 12.1 Å². The monoisotopic (exact) mass is 365 g/mol. The molecule has 0 fully saturated rings. The number of hydrogen-bond donors (Lipinski definition) is 0. The summed E-state index contributed by atoms with van der Waals surface area (Å²) in [5, 5.41) is 0. The van der Waals surface area contributed by atoms with Crippen LogP contribution in [0.3, 0.4) is 0 Å². The molecule has 0 spiro atoms. The average Bonchev–Trinajstić information content (AvgIpc) is 2.88. The van der Waals surface area contributed by atoms with Gasteiger partial charge in [0.1, 0.15) is 5.75 Å². The first-order chi connectivity index (χ1) is 11.2. The summed E-state index contributed by atoms with van der Waals surface area (Å²) in [6.45, 7) is 6.16. The second-order valence-corrected chi connectivity index (χ2v) is 7.55. The Balaban J connectivity index is 2.14. The van der Waals surface area contributed by atoms with Crippen molar-refractivity contribution in [3.05, 3.63) is 29.3 Å². The van der Waals surface area contributed by atoms with Gasteiger partial charge in [0, 0.05) is 6.04 Å². The molecule has 4 nitrogen and oxygen atoms in total. The number of halogens is 3. The Morgan fingerprint density at radius 1 is 1.12 bits per heavy atom. The largest absolute Gasteiger partial charge is 0.534 e. The zero-order valence-electron chi connectivity index (χ0n) is 13.8.